The maximum absolute atomic E-state index is 11.4. The van der Waals surface area contributed by atoms with Gasteiger partial charge in [0.1, 0.15) is 18.8 Å². The summed E-state index contributed by atoms with van der Waals surface area (Å²) in [5.41, 5.74) is 8.67. The van der Waals surface area contributed by atoms with E-state index in [0.717, 1.165) is 20.8 Å². The molecule has 5 atom stereocenters. The average Bonchev–Trinajstić information content (AvgIpc) is 2.43. The number of carbonyl (C=O) groups excluding carboxylic acids is 3. The molecule has 0 saturated carbocycles. The molecular weight excluding hydrogens is 394 g/mol. The van der Waals surface area contributed by atoms with Crippen molar-refractivity contribution in [1.29, 1.82) is 0 Å². The van der Waals surface area contributed by atoms with Gasteiger partial charge in [-0.05, 0) is 21.5 Å². The third-order valence-corrected chi connectivity index (χ3v) is 3.57. The lowest BCUT2D eigenvalue weighted by Gasteiger charge is -2.45. The number of nitrogens with zero attached hydrogens (tertiary/aromatic N) is 3. The van der Waals surface area contributed by atoms with E-state index >= 15 is 0 Å². The Labute approximate surface area is 144 Å². The Bertz CT molecular complexity index is 563. The zero-order valence-corrected chi connectivity index (χ0v) is 14.6. The summed E-state index contributed by atoms with van der Waals surface area (Å²) < 4.78 is 18.0. The molecule has 11 nitrogen and oxygen atoms in total. The highest BCUT2D eigenvalue weighted by Crippen LogP contribution is 2.38. The monoisotopic (exact) mass is 409 g/mol. The van der Waals surface area contributed by atoms with E-state index in [1.807, 2.05) is 0 Å². The first-order valence-corrected chi connectivity index (χ1v) is 7.49. The molecule has 0 unspecified atom stereocenters. The molecule has 0 spiro atoms. The van der Waals surface area contributed by atoms with Gasteiger partial charge in [-0.15, -0.1) is 0 Å². The van der Waals surface area contributed by atoms with Crippen LogP contribution in [0.4, 0.5) is 0 Å². The van der Waals surface area contributed by atoms with Crippen molar-refractivity contribution in [3.63, 3.8) is 0 Å². The number of esters is 3. The number of ether oxygens (including phenoxy) is 4. The van der Waals surface area contributed by atoms with Gasteiger partial charge in [0.2, 0.25) is 4.70 Å². The summed E-state index contributed by atoms with van der Waals surface area (Å²) in [6.07, 6.45) is -3.84. The Morgan fingerprint density at radius 2 is 1.75 bits per heavy atom. The van der Waals surface area contributed by atoms with Crippen molar-refractivity contribution in [1.82, 2.24) is 0 Å². The van der Waals surface area contributed by atoms with Crippen LogP contribution >= 0.6 is 15.9 Å². The second kappa shape index (κ2) is 8.29. The maximum Gasteiger partial charge on any atom is 0.303 e. The van der Waals surface area contributed by atoms with E-state index in [1.165, 1.54) is 0 Å². The number of azide groups is 1. The Kier molecular flexibility index (Phi) is 6.96. The molecule has 0 radical (unpaired) electrons. The molecule has 1 saturated heterocycles. The van der Waals surface area contributed by atoms with Crippen molar-refractivity contribution in [2.75, 3.05) is 6.61 Å². The molecule has 0 bridgehead atoms. The summed E-state index contributed by atoms with van der Waals surface area (Å²) in [5.74, 6) is -2.15. The topological polar surface area (TPSA) is 157 Å². The summed E-state index contributed by atoms with van der Waals surface area (Å²) in [4.78, 5) is 36.3. The third kappa shape index (κ3) is 5.34. The molecule has 1 aliphatic heterocycles. The van der Waals surface area contributed by atoms with E-state index in [9.17, 15) is 19.5 Å². The first-order chi connectivity index (χ1) is 11.1. The standard InChI is InChI=1S/C12H16BrN3O8/c1-5(17)21-4-8-9(22-6(2)18)10(23-7(3)19)11(15-16-14)12(13,20)24-8/h8-11,20H,4H2,1-3H3/t8-,9-,10+,11-,12-/m1/s1. The molecule has 0 amide bonds. The van der Waals surface area contributed by atoms with Gasteiger partial charge in [0.05, 0.1) is 0 Å². The van der Waals surface area contributed by atoms with Gasteiger partial charge in [-0.1, -0.05) is 5.11 Å². The van der Waals surface area contributed by atoms with Gasteiger partial charge in [-0.25, -0.2) is 0 Å². The Balaban J connectivity index is 3.24. The fourth-order valence-corrected chi connectivity index (χ4v) is 2.71. The molecule has 0 aromatic rings. The lowest BCUT2D eigenvalue weighted by Crippen LogP contribution is -2.64. The van der Waals surface area contributed by atoms with E-state index in [0.29, 0.717) is 0 Å². The molecule has 1 N–H and O–H groups in total. The number of rotatable bonds is 5. The van der Waals surface area contributed by atoms with E-state index in [2.05, 4.69) is 26.0 Å². The highest BCUT2D eigenvalue weighted by molar-refractivity contribution is 9.10. The van der Waals surface area contributed by atoms with Crippen LogP contribution in [-0.2, 0) is 33.3 Å². The summed E-state index contributed by atoms with van der Waals surface area (Å²) in [5, 5.41) is 13.6. The first-order valence-electron chi connectivity index (χ1n) is 6.69. The second-order valence-electron chi connectivity index (χ2n) is 4.87. The molecule has 134 valence electrons. The van der Waals surface area contributed by atoms with Gasteiger partial charge in [0.25, 0.3) is 0 Å². The van der Waals surface area contributed by atoms with Gasteiger partial charge in [-0.2, -0.15) is 0 Å². The predicted molar refractivity (Wildman–Crippen MR) is 79.4 cm³/mol. The van der Waals surface area contributed by atoms with Crippen LogP contribution in [0.3, 0.4) is 0 Å². The van der Waals surface area contributed by atoms with Crippen LogP contribution in [-0.4, -0.2) is 58.7 Å². The lowest BCUT2D eigenvalue weighted by molar-refractivity contribution is -0.273. The van der Waals surface area contributed by atoms with Crippen molar-refractivity contribution in [2.24, 2.45) is 5.11 Å². The van der Waals surface area contributed by atoms with Crippen LogP contribution in [0.25, 0.3) is 10.4 Å². The van der Waals surface area contributed by atoms with Crippen molar-refractivity contribution < 1.29 is 38.4 Å². The van der Waals surface area contributed by atoms with Gasteiger partial charge in [-0.3, -0.25) is 14.4 Å². The van der Waals surface area contributed by atoms with Crippen molar-refractivity contribution in [2.45, 2.75) is 49.8 Å². The molecule has 0 aromatic heterocycles. The maximum atomic E-state index is 11.4. The predicted octanol–water partition coefficient (Wildman–Crippen LogP) is 0.532. The summed E-state index contributed by atoms with van der Waals surface area (Å²) >= 11 is 2.83. The highest BCUT2D eigenvalue weighted by atomic mass is 79.9. The minimum atomic E-state index is -2.24. The van der Waals surface area contributed by atoms with Crippen LogP contribution < -0.4 is 0 Å². The van der Waals surface area contributed by atoms with Gasteiger partial charge >= 0.3 is 17.9 Å². The van der Waals surface area contributed by atoms with Crippen LogP contribution in [0.1, 0.15) is 20.8 Å². The Morgan fingerprint density at radius 3 is 2.21 bits per heavy atom. The van der Waals surface area contributed by atoms with Crippen LogP contribution in [0.15, 0.2) is 5.11 Å². The normalized spacial score (nSPS) is 32.2. The minimum absolute atomic E-state index is 0.401. The lowest BCUT2D eigenvalue weighted by atomic mass is 9.97. The number of hydrogen-bond donors (Lipinski definition) is 1. The van der Waals surface area contributed by atoms with Crippen LogP contribution in [0, 0.1) is 0 Å². The molecule has 12 heteroatoms. The van der Waals surface area contributed by atoms with Crippen molar-refractivity contribution in [3.05, 3.63) is 10.4 Å². The van der Waals surface area contributed by atoms with Gasteiger partial charge < -0.3 is 24.1 Å². The average molecular weight is 410 g/mol. The molecular formula is C12H16BrN3O8. The quantitative estimate of drug-likeness (QED) is 0.172. The summed E-state index contributed by atoms with van der Waals surface area (Å²) in [7, 11) is 0. The Morgan fingerprint density at radius 1 is 1.21 bits per heavy atom. The van der Waals surface area contributed by atoms with E-state index in [1.54, 1.807) is 0 Å². The summed E-state index contributed by atoms with van der Waals surface area (Å²) in [6.45, 7) is 2.94. The van der Waals surface area contributed by atoms with E-state index < -0.39 is 53.6 Å². The third-order valence-electron chi connectivity index (χ3n) is 2.91. The number of aliphatic hydroxyl groups is 1. The van der Waals surface area contributed by atoms with Crippen LogP contribution in [0.2, 0.25) is 0 Å². The van der Waals surface area contributed by atoms with E-state index in [4.69, 9.17) is 24.5 Å². The molecule has 0 aromatic carbocycles. The fraction of sp³-hybridized carbons (Fsp3) is 0.750. The fourth-order valence-electron chi connectivity index (χ4n) is 2.12. The van der Waals surface area contributed by atoms with Crippen molar-refractivity contribution in [3.8, 4) is 0 Å². The molecule has 1 fully saturated rings. The molecule has 1 heterocycles. The van der Waals surface area contributed by atoms with Crippen molar-refractivity contribution >= 4 is 33.8 Å². The Hall–Kier alpha value is -1.88. The SMILES string of the molecule is CC(=O)OC[C@H]1O[C@@](O)(Br)[C@H](N=[N+]=[N-])[C@@H](OC(C)=O)[C@@H]1OC(C)=O. The number of halogens is 1. The highest BCUT2D eigenvalue weighted by Gasteiger charge is 2.56. The first kappa shape index (κ1) is 20.2. The molecule has 1 rings (SSSR count). The number of hydrogen-bond acceptors (Lipinski definition) is 9. The molecule has 24 heavy (non-hydrogen) atoms. The smallest absolute Gasteiger partial charge is 0.303 e. The zero-order valence-electron chi connectivity index (χ0n) is 13.0. The number of carbonyl (C=O) groups is 3. The zero-order chi connectivity index (χ0) is 18.5. The molecule has 0 aliphatic carbocycles. The number of alkyl halides is 1. The van der Waals surface area contributed by atoms with Gasteiger partial charge in [0, 0.05) is 25.7 Å². The second-order valence-corrected chi connectivity index (χ2v) is 6.00. The summed E-state index contributed by atoms with van der Waals surface area (Å²) in [6, 6.07) is -1.47. The van der Waals surface area contributed by atoms with E-state index in [-0.39, 0.29) is 0 Å². The van der Waals surface area contributed by atoms with Crippen LogP contribution in [0.5, 0.6) is 0 Å². The molecule has 1 aliphatic rings. The largest absolute Gasteiger partial charge is 0.463 e. The minimum Gasteiger partial charge on any atom is -0.463 e. The van der Waals surface area contributed by atoms with Gasteiger partial charge in [0.15, 0.2) is 12.2 Å².